The number of aromatic nitrogens is 1. The number of anilines is 1. The third kappa shape index (κ3) is 3.76. The number of benzene rings is 1. The van der Waals surface area contributed by atoms with Crippen LogP contribution in [0.4, 0.5) is 5.69 Å². The van der Waals surface area contributed by atoms with Gasteiger partial charge in [0.1, 0.15) is 12.3 Å². The number of nitrogens with zero attached hydrogens (tertiary/aromatic N) is 1. The van der Waals surface area contributed by atoms with Crippen LogP contribution < -0.4 is 5.32 Å². The van der Waals surface area contributed by atoms with Crippen LogP contribution in [0.5, 0.6) is 0 Å². The summed E-state index contributed by atoms with van der Waals surface area (Å²) in [5.74, 6) is -0.259. The van der Waals surface area contributed by atoms with Crippen molar-refractivity contribution >= 4 is 17.7 Å². The monoisotopic (exact) mass is 253 g/mol. The number of carbonyl (C=O) groups excluding carboxylic acids is 1. The van der Waals surface area contributed by atoms with Crippen molar-refractivity contribution in [2.75, 3.05) is 11.9 Å². The maximum absolute atomic E-state index is 11.9. The van der Waals surface area contributed by atoms with Crippen molar-refractivity contribution < 1.29 is 9.90 Å². The molecule has 0 saturated heterocycles. The molecule has 2 rings (SSSR count). The van der Waals surface area contributed by atoms with E-state index in [4.69, 9.17) is 0 Å². The molecule has 0 fully saturated rings. The number of hydrogen-bond donors (Lipinski definition) is 1. The molecule has 1 aromatic carbocycles. The Morgan fingerprint density at radius 1 is 1.21 bits per heavy atom. The zero-order valence-electron chi connectivity index (χ0n) is 10.2. The molecule has 0 bridgehead atoms. The molecule has 1 amide bonds. The van der Waals surface area contributed by atoms with Gasteiger partial charge in [-0.2, -0.15) is 0 Å². The van der Waals surface area contributed by atoms with E-state index in [9.17, 15) is 9.90 Å². The number of rotatable bonds is 4. The summed E-state index contributed by atoms with van der Waals surface area (Å²) in [7, 11) is 0. The largest absolute Gasteiger partial charge is 0.321 e. The first-order valence-corrected chi connectivity index (χ1v) is 5.86. The first-order chi connectivity index (χ1) is 9.29. The minimum absolute atomic E-state index is 0.259. The van der Waals surface area contributed by atoms with Gasteiger partial charge < -0.3 is 5.32 Å². The number of hydrogen-bond acceptors (Lipinski definition) is 2. The van der Waals surface area contributed by atoms with Crippen molar-refractivity contribution in [3.63, 3.8) is 0 Å². The molecular formula is C15H13N2O2. The van der Waals surface area contributed by atoms with Gasteiger partial charge in [-0.15, -0.1) is 0 Å². The van der Waals surface area contributed by atoms with E-state index in [1.54, 1.807) is 42.6 Å². The van der Waals surface area contributed by atoms with Crippen LogP contribution in [0.3, 0.4) is 0 Å². The fourth-order valence-electron chi connectivity index (χ4n) is 1.60. The highest BCUT2D eigenvalue weighted by molar-refractivity contribution is 6.02. The van der Waals surface area contributed by atoms with Gasteiger partial charge in [0.25, 0.3) is 5.91 Å². The summed E-state index contributed by atoms with van der Waals surface area (Å²) < 4.78 is 0. The summed E-state index contributed by atoms with van der Waals surface area (Å²) in [5.41, 5.74) is 1.90. The van der Waals surface area contributed by atoms with Crippen molar-refractivity contribution in [3.8, 4) is 0 Å². The topological polar surface area (TPSA) is 61.9 Å². The normalized spacial score (nSPS) is 10.6. The second-order valence-electron chi connectivity index (χ2n) is 3.86. The third-order valence-electron chi connectivity index (χ3n) is 2.45. The number of pyridine rings is 1. The Morgan fingerprint density at radius 2 is 2.11 bits per heavy atom. The highest BCUT2D eigenvalue weighted by Crippen LogP contribution is 2.13. The summed E-state index contributed by atoms with van der Waals surface area (Å²) in [6.45, 7) is -0.259. The van der Waals surface area contributed by atoms with Gasteiger partial charge in [0.2, 0.25) is 0 Å². The van der Waals surface area contributed by atoms with Gasteiger partial charge in [0.05, 0.1) is 0 Å². The molecule has 1 heterocycles. The number of carbonyl (C=O) groups is 1. The fourth-order valence-corrected chi connectivity index (χ4v) is 1.60. The zero-order valence-corrected chi connectivity index (χ0v) is 10.2. The first kappa shape index (κ1) is 13.0. The Balaban J connectivity index is 2.11. The van der Waals surface area contributed by atoms with Crippen molar-refractivity contribution in [1.29, 1.82) is 0 Å². The lowest BCUT2D eigenvalue weighted by molar-refractivity contribution is 0.102. The lowest BCUT2D eigenvalue weighted by Gasteiger charge is -2.05. The summed E-state index contributed by atoms with van der Waals surface area (Å²) in [4.78, 5) is 15.9. The Morgan fingerprint density at radius 3 is 2.84 bits per heavy atom. The lowest BCUT2D eigenvalue weighted by atomic mass is 10.2. The Labute approximate surface area is 111 Å². The van der Waals surface area contributed by atoms with Crippen LogP contribution in [0.2, 0.25) is 0 Å². The molecule has 4 heteroatoms. The molecule has 0 unspecified atom stereocenters. The Kier molecular flexibility index (Phi) is 4.42. The van der Waals surface area contributed by atoms with E-state index in [-0.39, 0.29) is 12.5 Å². The predicted molar refractivity (Wildman–Crippen MR) is 73.2 cm³/mol. The number of amides is 1. The van der Waals surface area contributed by atoms with Crippen LogP contribution in [0, 0.1) is 0 Å². The van der Waals surface area contributed by atoms with E-state index < -0.39 is 0 Å². The van der Waals surface area contributed by atoms with E-state index in [0.717, 1.165) is 5.56 Å². The molecule has 95 valence electrons. The molecule has 0 aliphatic carbocycles. The lowest BCUT2D eigenvalue weighted by Crippen LogP contribution is -2.13. The van der Waals surface area contributed by atoms with E-state index in [2.05, 4.69) is 10.3 Å². The minimum atomic E-state index is -0.259. The molecule has 1 N–H and O–H groups in total. The average Bonchev–Trinajstić information content (AvgIpc) is 2.46. The molecule has 4 nitrogen and oxygen atoms in total. The number of nitrogens with one attached hydrogen (secondary N) is 1. The summed E-state index contributed by atoms with van der Waals surface area (Å²) >= 11 is 0. The van der Waals surface area contributed by atoms with E-state index >= 15 is 0 Å². The summed E-state index contributed by atoms with van der Waals surface area (Å²) in [5, 5.41) is 13.1. The second kappa shape index (κ2) is 6.47. The molecule has 0 saturated carbocycles. The van der Waals surface area contributed by atoms with E-state index in [1.807, 2.05) is 12.1 Å². The van der Waals surface area contributed by atoms with Crippen molar-refractivity contribution in [3.05, 3.63) is 66.0 Å². The van der Waals surface area contributed by atoms with Gasteiger partial charge in [-0.3, -0.25) is 9.78 Å². The maximum atomic E-state index is 11.9. The quantitative estimate of drug-likeness (QED) is 0.910. The Hall–Kier alpha value is -2.46. The van der Waals surface area contributed by atoms with Crippen molar-refractivity contribution in [2.24, 2.45) is 0 Å². The molecule has 0 aliphatic rings. The van der Waals surface area contributed by atoms with Gasteiger partial charge in [-0.05, 0) is 29.8 Å². The van der Waals surface area contributed by atoms with Crippen LogP contribution >= 0.6 is 0 Å². The summed E-state index contributed by atoms with van der Waals surface area (Å²) in [6, 6.07) is 12.4. The molecule has 1 radical (unpaired) electrons. The highest BCUT2D eigenvalue weighted by atomic mass is 16.2. The molecule has 0 aliphatic heterocycles. The summed E-state index contributed by atoms with van der Waals surface area (Å²) in [6.07, 6.45) is 4.82. The minimum Gasteiger partial charge on any atom is -0.321 e. The van der Waals surface area contributed by atoms with Crippen molar-refractivity contribution in [1.82, 2.24) is 4.98 Å². The van der Waals surface area contributed by atoms with Gasteiger partial charge in [-0.1, -0.05) is 30.4 Å². The first-order valence-electron chi connectivity index (χ1n) is 5.86. The average molecular weight is 253 g/mol. The second-order valence-corrected chi connectivity index (χ2v) is 3.86. The molecule has 0 atom stereocenters. The highest BCUT2D eigenvalue weighted by Gasteiger charge is 2.06. The smallest absolute Gasteiger partial charge is 0.274 e. The molecule has 0 spiro atoms. The SMILES string of the molecule is [O]CC=Cc1cccc(NC(=O)c2ccccn2)c1. The van der Waals surface area contributed by atoms with Gasteiger partial charge in [0, 0.05) is 11.9 Å². The van der Waals surface area contributed by atoms with Gasteiger partial charge in [0.15, 0.2) is 0 Å². The van der Waals surface area contributed by atoms with Crippen LogP contribution in [-0.4, -0.2) is 17.5 Å². The standard InChI is InChI=1S/C15H13N2O2/c18-10-4-6-12-5-3-7-13(11-12)17-15(19)14-8-1-2-9-16-14/h1-9,11H,10H2,(H,17,19). The van der Waals surface area contributed by atoms with Crippen LogP contribution in [0.15, 0.2) is 54.7 Å². The molecular weight excluding hydrogens is 240 g/mol. The van der Waals surface area contributed by atoms with Crippen LogP contribution in [0.25, 0.3) is 6.08 Å². The molecule has 2 aromatic rings. The maximum Gasteiger partial charge on any atom is 0.274 e. The molecule has 19 heavy (non-hydrogen) atoms. The van der Waals surface area contributed by atoms with Crippen LogP contribution in [0.1, 0.15) is 16.1 Å². The third-order valence-corrected chi connectivity index (χ3v) is 2.45. The van der Waals surface area contributed by atoms with Crippen molar-refractivity contribution in [2.45, 2.75) is 0 Å². The molecule has 1 aromatic heterocycles. The van der Waals surface area contributed by atoms with E-state index in [0.29, 0.717) is 11.4 Å². The fraction of sp³-hybridized carbons (Fsp3) is 0.0667. The van der Waals surface area contributed by atoms with Gasteiger partial charge >= 0.3 is 0 Å². The van der Waals surface area contributed by atoms with Crippen LogP contribution in [-0.2, 0) is 5.11 Å². The Bertz CT molecular complexity index is 580. The predicted octanol–water partition coefficient (Wildman–Crippen LogP) is 2.78. The van der Waals surface area contributed by atoms with E-state index in [1.165, 1.54) is 6.08 Å². The zero-order chi connectivity index (χ0) is 13.5. The van der Waals surface area contributed by atoms with Gasteiger partial charge in [-0.25, -0.2) is 5.11 Å².